The molecule has 0 spiro atoms. The molecule has 0 fully saturated rings. The van der Waals surface area contributed by atoms with E-state index in [1.807, 2.05) is 6.07 Å². The van der Waals surface area contributed by atoms with Crippen molar-refractivity contribution >= 4 is 0 Å². The number of hydrogen-bond acceptors (Lipinski definition) is 3. The molecule has 0 amide bonds. The van der Waals surface area contributed by atoms with Crippen molar-refractivity contribution in [3.63, 3.8) is 0 Å². The number of benzene rings is 1. The van der Waals surface area contributed by atoms with Crippen molar-refractivity contribution in [3.8, 4) is 16.9 Å². The minimum atomic E-state index is 0.244. The van der Waals surface area contributed by atoms with Crippen LogP contribution in [0.3, 0.4) is 0 Å². The van der Waals surface area contributed by atoms with Crippen LogP contribution in [-0.4, -0.2) is 10.3 Å². The average Bonchev–Trinajstić information content (AvgIpc) is 2.56. The predicted octanol–water partition coefficient (Wildman–Crippen LogP) is 2.05. The molecule has 0 aliphatic rings. The van der Waals surface area contributed by atoms with E-state index in [1.54, 1.807) is 24.4 Å². The molecule has 0 unspecified atom stereocenters. The molecule has 1 N–H and O–H groups in total. The molecule has 0 aliphatic heterocycles. The zero-order valence-electron chi connectivity index (χ0n) is 6.27. The maximum Gasteiger partial charge on any atom is 0.131 e. The van der Waals surface area contributed by atoms with Crippen molar-refractivity contribution in [3.05, 3.63) is 36.7 Å². The minimum Gasteiger partial charge on any atom is -0.508 e. The maximum absolute atomic E-state index is 9.16. The van der Waals surface area contributed by atoms with Gasteiger partial charge in [0, 0.05) is 5.56 Å². The van der Waals surface area contributed by atoms with Crippen molar-refractivity contribution in [2.75, 3.05) is 0 Å². The minimum absolute atomic E-state index is 0.244. The summed E-state index contributed by atoms with van der Waals surface area (Å²) >= 11 is 0. The molecule has 2 aromatic rings. The first-order chi connectivity index (χ1) is 5.86. The monoisotopic (exact) mass is 161 g/mol. The van der Waals surface area contributed by atoms with E-state index in [2.05, 4.69) is 9.68 Å². The number of phenols is 1. The Morgan fingerprint density at radius 1 is 1.25 bits per heavy atom. The highest BCUT2D eigenvalue weighted by Gasteiger charge is 1.99. The third-order valence-corrected chi connectivity index (χ3v) is 1.61. The molecule has 0 atom stereocenters. The van der Waals surface area contributed by atoms with Crippen LogP contribution in [0.25, 0.3) is 11.1 Å². The van der Waals surface area contributed by atoms with Crippen molar-refractivity contribution in [1.82, 2.24) is 5.16 Å². The Balaban J connectivity index is 2.48. The fourth-order valence-electron chi connectivity index (χ4n) is 1.03. The molecule has 1 heterocycles. The molecule has 1 aromatic heterocycles. The van der Waals surface area contributed by atoms with E-state index < -0.39 is 0 Å². The molecule has 0 saturated heterocycles. The molecule has 12 heavy (non-hydrogen) atoms. The Kier molecular flexibility index (Phi) is 1.55. The van der Waals surface area contributed by atoms with Crippen LogP contribution in [0.5, 0.6) is 5.75 Å². The normalized spacial score (nSPS) is 10.0. The van der Waals surface area contributed by atoms with Gasteiger partial charge in [-0.3, -0.25) is 0 Å². The van der Waals surface area contributed by atoms with E-state index in [9.17, 15) is 0 Å². The topological polar surface area (TPSA) is 46.3 Å². The van der Waals surface area contributed by atoms with Crippen LogP contribution in [0.15, 0.2) is 41.2 Å². The van der Waals surface area contributed by atoms with Crippen LogP contribution in [-0.2, 0) is 0 Å². The lowest BCUT2D eigenvalue weighted by atomic mass is 10.1. The van der Waals surface area contributed by atoms with Gasteiger partial charge in [-0.15, -0.1) is 0 Å². The highest BCUT2D eigenvalue weighted by Crippen LogP contribution is 2.21. The molecule has 3 heteroatoms. The SMILES string of the molecule is Oc1cccc(-c2cnoc2)c1. The summed E-state index contributed by atoms with van der Waals surface area (Å²) < 4.78 is 4.68. The summed E-state index contributed by atoms with van der Waals surface area (Å²) in [7, 11) is 0. The fourth-order valence-corrected chi connectivity index (χ4v) is 1.03. The number of nitrogens with zero attached hydrogens (tertiary/aromatic N) is 1. The van der Waals surface area contributed by atoms with Crippen molar-refractivity contribution in [2.45, 2.75) is 0 Å². The second-order valence-electron chi connectivity index (χ2n) is 2.46. The second kappa shape index (κ2) is 2.70. The first-order valence-electron chi connectivity index (χ1n) is 3.55. The first-order valence-corrected chi connectivity index (χ1v) is 3.55. The van der Waals surface area contributed by atoms with Crippen LogP contribution >= 0.6 is 0 Å². The smallest absolute Gasteiger partial charge is 0.131 e. The molecule has 0 bridgehead atoms. The summed E-state index contributed by atoms with van der Waals surface area (Å²) in [6, 6.07) is 6.94. The zero-order chi connectivity index (χ0) is 8.39. The Labute approximate surface area is 69.2 Å². The first kappa shape index (κ1) is 6.91. The highest BCUT2D eigenvalue weighted by atomic mass is 16.5. The number of hydrogen-bond donors (Lipinski definition) is 1. The van der Waals surface area contributed by atoms with Gasteiger partial charge in [-0.25, -0.2) is 0 Å². The molecular weight excluding hydrogens is 154 g/mol. The van der Waals surface area contributed by atoms with E-state index >= 15 is 0 Å². The van der Waals surface area contributed by atoms with Gasteiger partial charge in [0.1, 0.15) is 12.0 Å². The quantitative estimate of drug-likeness (QED) is 0.696. The molecule has 2 rings (SSSR count). The van der Waals surface area contributed by atoms with Gasteiger partial charge < -0.3 is 9.63 Å². The van der Waals surface area contributed by atoms with E-state index in [0.29, 0.717) is 0 Å². The fraction of sp³-hybridized carbons (Fsp3) is 0. The zero-order valence-corrected chi connectivity index (χ0v) is 6.27. The summed E-state index contributed by atoms with van der Waals surface area (Å²) in [4.78, 5) is 0. The summed E-state index contributed by atoms with van der Waals surface area (Å²) in [5.74, 6) is 0.244. The van der Waals surface area contributed by atoms with Gasteiger partial charge in [0.05, 0.1) is 6.20 Å². The van der Waals surface area contributed by atoms with Crippen molar-refractivity contribution in [2.24, 2.45) is 0 Å². The average molecular weight is 161 g/mol. The lowest BCUT2D eigenvalue weighted by Crippen LogP contribution is -1.71. The van der Waals surface area contributed by atoms with Gasteiger partial charge in [-0.1, -0.05) is 17.3 Å². The van der Waals surface area contributed by atoms with Gasteiger partial charge in [-0.2, -0.15) is 0 Å². The van der Waals surface area contributed by atoms with Gasteiger partial charge >= 0.3 is 0 Å². The number of aromatic nitrogens is 1. The molecule has 3 nitrogen and oxygen atoms in total. The summed E-state index contributed by atoms with van der Waals surface area (Å²) in [5, 5.41) is 12.7. The van der Waals surface area contributed by atoms with Crippen LogP contribution in [0, 0.1) is 0 Å². The third kappa shape index (κ3) is 1.16. The largest absolute Gasteiger partial charge is 0.508 e. The van der Waals surface area contributed by atoms with E-state index in [4.69, 9.17) is 5.11 Å². The van der Waals surface area contributed by atoms with Crippen LogP contribution in [0.4, 0.5) is 0 Å². The highest BCUT2D eigenvalue weighted by molar-refractivity contribution is 5.62. The number of phenolic OH excluding ortho intramolecular Hbond substituents is 1. The Bertz CT molecular complexity index is 368. The van der Waals surface area contributed by atoms with Crippen LogP contribution in [0.1, 0.15) is 0 Å². The Hall–Kier alpha value is -1.77. The van der Waals surface area contributed by atoms with Gasteiger partial charge in [0.2, 0.25) is 0 Å². The molecule has 0 aliphatic carbocycles. The lowest BCUT2D eigenvalue weighted by molar-refractivity contribution is 0.420. The van der Waals surface area contributed by atoms with E-state index in [1.165, 1.54) is 6.26 Å². The Morgan fingerprint density at radius 2 is 2.17 bits per heavy atom. The van der Waals surface area contributed by atoms with Crippen LogP contribution < -0.4 is 0 Å². The molecular formula is C9H7NO2. The van der Waals surface area contributed by atoms with Crippen LogP contribution in [0.2, 0.25) is 0 Å². The second-order valence-corrected chi connectivity index (χ2v) is 2.46. The number of aromatic hydroxyl groups is 1. The third-order valence-electron chi connectivity index (χ3n) is 1.61. The van der Waals surface area contributed by atoms with E-state index in [-0.39, 0.29) is 5.75 Å². The van der Waals surface area contributed by atoms with Crippen molar-refractivity contribution in [1.29, 1.82) is 0 Å². The van der Waals surface area contributed by atoms with Gasteiger partial charge in [0.25, 0.3) is 0 Å². The van der Waals surface area contributed by atoms with E-state index in [0.717, 1.165) is 11.1 Å². The molecule has 60 valence electrons. The summed E-state index contributed by atoms with van der Waals surface area (Å²) in [6.07, 6.45) is 3.14. The molecule has 1 aromatic carbocycles. The standard InChI is InChI=1S/C9H7NO2/c11-9-3-1-2-7(4-9)8-5-10-12-6-8/h1-6,11H. The molecule has 0 saturated carbocycles. The van der Waals surface area contributed by atoms with Gasteiger partial charge in [0.15, 0.2) is 0 Å². The Morgan fingerprint density at radius 3 is 2.83 bits per heavy atom. The maximum atomic E-state index is 9.16. The summed E-state index contributed by atoms with van der Waals surface area (Å²) in [6.45, 7) is 0. The molecule has 0 radical (unpaired) electrons. The lowest BCUT2D eigenvalue weighted by Gasteiger charge is -1.95. The summed E-state index contributed by atoms with van der Waals surface area (Å²) in [5.41, 5.74) is 1.77. The predicted molar refractivity (Wildman–Crippen MR) is 43.6 cm³/mol. The van der Waals surface area contributed by atoms with Crippen molar-refractivity contribution < 1.29 is 9.63 Å². The number of rotatable bonds is 1. The van der Waals surface area contributed by atoms with Gasteiger partial charge in [-0.05, 0) is 17.7 Å².